The summed E-state index contributed by atoms with van der Waals surface area (Å²) in [5.41, 5.74) is -0.339. The van der Waals surface area contributed by atoms with Crippen molar-refractivity contribution in [2.45, 2.75) is 26.7 Å². The molecule has 4 N–H and O–H groups in total. The first-order chi connectivity index (χ1) is 38.8. The molecule has 9 aromatic carbocycles. The van der Waals surface area contributed by atoms with Gasteiger partial charge in [0.2, 0.25) is 0 Å². The summed E-state index contributed by atoms with van der Waals surface area (Å²) in [7, 11) is -3.81. The van der Waals surface area contributed by atoms with Crippen molar-refractivity contribution < 1.29 is 40.2 Å². The van der Waals surface area contributed by atoms with Crippen molar-refractivity contribution in [2.75, 3.05) is 0 Å². The number of aromatic carboxylic acids is 2. The van der Waals surface area contributed by atoms with E-state index in [1.807, 2.05) is 13.8 Å². The lowest BCUT2D eigenvalue weighted by atomic mass is 10.0. The molecule has 0 aromatic heterocycles. The zero-order chi connectivity index (χ0) is 56.7. The lowest BCUT2D eigenvalue weighted by Gasteiger charge is -2.27. The van der Waals surface area contributed by atoms with Gasteiger partial charge < -0.3 is 40.2 Å². The Balaban J connectivity index is 0.000000156. The molecule has 80 heavy (non-hydrogen) atoms. The summed E-state index contributed by atoms with van der Waals surface area (Å²) in [6.45, 7) is 3.97. The number of hydrogen-bond donors (Lipinski definition) is 4. The van der Waals surface area contributed by atoms with Crippen LogP contribution in [0.15, 0.2) is 314 Å². The normalized spacial score (nSPS) is 14.5. The second-order valence-electron chi connectivity index (χ2n) is 18.9. The van der Waals surface area contributed by atoms with Gasteiger partial charge in [-0.15, -0.1) is 0 Å². The summed E-state index contributed by atoms with van der Waals surface area (Å²) >= 11 is 0. The summed E-state index contributed by atoms with van der Waals surface area (Å²) in [6, 6.07) is 92.5. The lowest BCUT2D eigenvalue weighted by molar-refractivity contribution is -0.255. The van der Waals surface area contributed by atoms with Crippen LogP contribution in [-0.2, 0) is 0 Å². The van der Waals surface area contributed by atoms with E-state index in [9.17, 15) is 19.8 Å². The molecule has 0 amide bonds. The molecule has 402 valence electrons. The van der Waals surface area contributed by atoms with Crippen LogP contribution in [0.1, 0.15) is 47.4 Å². The predicted molar refractivity (Wildman–Crippen MR) is 328 cm³/mol. The number of rotatable bonds is 10. The molecule has 2 unspecified atom stereocenters. The van der Waals surface area contributed by atoms with Gasteiger partial charge in [-0.1, -0.05) is 178 Å². The van der Waals surface area contributed by atoms with Gasteiger partial charge in [-0.25, -0.2) is 0 Å². The molecule has 0 saturated carbocycles. The number of carbonyl (C=O) groups excluding carboxylic acids is 2. The zero-order valence-electron chi connectivity index (χ0n) is 44.6. The third-order valence-electron chi connectivity index (χ3n) is 13.3. The largest absolute Gasteiger partial charge is 0.545 e. The van der Waals surface area contributed by atoms with Crippen molar-refractivity contribution in [2.24, 2.45) is 11.8 Å². The first-order valence-corrected chi connectivity index (χ1v) is 29.8. The van der Waals surface area contributed by atoms with Gasteiger partial charge in [-0.3, -0.25) is 0 Å². The van der Waals surface area contributed by atoms with E-state index in [0.29, 0.717) is 11.8 Å². The molecule has 0 bridgehead atoms. The summed E-state index contributed by atoms with van der Waals surface area (Å²) < 4.78 is 0. The summed E-state index contributed by atoms with van der Waals surface area (Å²) in [5.74, 6) is -2.08. The highest BCUT2D eigenvalue weighted by molar-refractivity contribution is 8.02. The van der Waals surface area contributed by atoms with Crippen molar-refractivity contribution in [1.29, 1.82) is 0 Å². The fraction of sp³-hybridized carbons (Fsp3) is 0.0857. The lowest BCUT2D eigenvalue weighted by Crippen LogP contribution is -2.38. The molecular formula is C70H64O8P2. The maximum Gasteiger partial charge on any atom is 0.153 e. The van der Waals surface area contributed by atoms with E-state index in [1.54, 1.807) is 24.3 Å². The maximum atomic E-state index is 10.3. The maximum absolute atomic E-state index is 10.3. The highest BCUT2D eigenvalue weighted by Crippen LogP contribution is 2.55. The Kier molecular flexibility index (Phi) is 21.3. The molecule has 0 aliphatic heterocycles. The molecule has 0 radical (unpaired) electrons. The number of allylic oxidation sites excluding steroid dienone is 4. The van der Waals surface area contributed by atoms with Gasteiger partial charge >= 0.3 is 0 Å². The van der Waals surface area contributed by atoms with E-state index >= 15 is 0 Å². The molecule has 0 spiro atoms. The standard InChI is InChI=1S/2C24H20P.C8H6O4.2C7H10O2/c2*1-5-13-21(14-6-1)25(22-15-7-2-8-16-22,23-17-9-3-10-18-23)24-19-11-4-12-20-24;9-7(10)5-2-1-3-6(4-5)8(11)12;2*1-5-2-3-6(8)7(9)4-5/h2*1-20H;1-4H,(H,9,10)(H,11,12);2*3-5,8-9H,2H2,1H3/q2*+1;;;/p-2. The van der Waals surface area contributed by atoms with Gasteiger partial charge in [0.25, 0.3) is 0 Å². The van der Waals surface area contributed by atoms with Crippen molar-refractivity contribution in [1.82, 2.24) is 0 Å². The van der Waals surface area contributed by atoms with Crippen LogP contribution in [-0.4, -0.2) is 32.4 Å². The predicted octanol–water partition coefficient (Wildman–Crippen LogP) is 10.8. The molecule has 10 heteroatoms. The summed E-state index contributed by atoms with van der Waals surface area (Å²) in [4.78, 5) is 20.5. The van der Waals surface area contributed by atoms with Gasteiger partial charge in [0.05, 0.1) is 11.9 Å². The highest BCUT2D eigenvalue weighted by Gasteiger charge is 2.48. The molecular weight excluding hydrogens is 1030 g/mol. The summed E-state index contributed by atoms with van der Waals surface area (Å²) in [5, 5.41) is 67.1. The molecule has 0 heterocycles. The highest BCUT2D eigenvalue weighted by atomic mass is 31.2. The van der Waals surface area contributed by atoms with Crippen molar-refractivity contribution in [3.05, 3.63) is 325 Å². The average molecular weight is 1100 g/mol. The second-order valence-corrected chi connectivity index (χ2v) is 25.7. The van der Waals surface area contributed by atoms with E-state index in [2.05, 4.69) is 243 Å². The number of carboxylic acid groups (broad SMARTS) is 2. The smallest absolute Gasteiger partial charge is 0.153 e. The molecule has 0 saturated heterocycles. The van der Waals surface area contributed by atoms with Crippen LogP contribution in [0.3, 0.4) is 0 Å². The van der Waals surface area contributed by atoms with Crippen molar-refractivity contribution in [3.63, 3.8) is 0 Å². The van der Waals surface area contributed by atoms with Crippen LogP contribution in [0.5, 0.6) is 0 Å². The molecule has 2 aliphatic rings. The number of carbonyl (C=O) groups is 2. The summed E-state index contributed by atoms with van der Waals surface area (Å²) in [6.07, 6.45) is 8.18. The average Bonchev–Trinajstić information content (AvgIpc) is 3.62. The van der Waals surface area contributed by atoms with Crippen LogP contribution in [0.25, 0.3) is 0 Å². The molecule has 11 rings (SSSR count). The van der Waals surface area contributed by atoms with E-state index < -0.39 is 26.5 Å². The molecule has 0 fully saturated rings. The fourth-order valence-electron chi connectivity index (χ4n) is 9.42. The Hall–Kier alpha value is -9.06. The van der Waals surface area contributed by atoms with Crippen LogP contribution in [0.2, 0.25) is 0 Å². The van der Waals surface area contributed by atoms with Crippen LogP contribution in [0, 0.1) is 11.8 Å². The van der Waals surface area contributed by atoms with Crippen molar-refractivity contribution >= 4 is 68.9 Å². The van der Waals surface area contributed by atoms with Gasteiger partial charge in [-0.2, -0.15) is 0 Å². The first kappa shape index (κ1) is 58.6. The monoisotopic (exact) mass is 1090 g/mol. The van der Waals surface area contributed by atoms with E-state index in [-0.39, 0.29) is 34.2 Å². The van der Waals surface area contributed by atoms with Gasteiger partial charge in [0.1, 0.15) is 57.0 Å². The van der Waals surface area contributed by atoms with E-state index in [4.69, 9.17) is 20.4 Å². The van der Waals surface area contributed by atoms with Crippen LogP contribution in [0.4, 0.5) is 0 Å². The number of hydrogen-bond acceptors (Lipinski definition) is 8. The van der Waals surface area contributed by atoms with Crippen LogP contribution >= 0.6 is 14.5 Å². The Bertz CT molecular complexity index is 2930. The van der Waals surface area contributed by atoms with Gasteiger partial charge in [0.15, 0.2) is 23.0 Å². The molecule has 2 aliphatic carbocycles. The number of carboxylic acids is 2. The third kappa shape index (κ3) is 14.7. The molecule has 2 atom stereocenters. The third-order valence-corrected chi connectivity index (χ3v) is 21.8. The fourth-order valence-corrected chi connectivity index (χ4v) is 18.0. The number of benzene rings is 9. The minimum Gasteiger partial charge on any atom is -0.545 e. The first-order valence-electron chi connectivity index (χ1n) is 26.2. The van der Waals surface area contributed by atoms with E-state index in [1.165, 1.54) is 60.6 Å². The minimum atomic E-state index is -1.91. The minimum absolute atomic E-state index is 0.00750. The Morgan fingerprint density at radius 2 is 0.525 bits per heavy atom. The SMILES string of the molecule is CC1C=C(O)C(O)=CC1.CC1C=C(O)C(O)=CC1.O=C([O-])c1cccc(C(=O)[O-])c1.c1ccc([P+](c2ccccc2)(c2ccccc2)c2ccccc2)cc1.c1ccc([P+](c2ccccc2)(c2ccccc2)c2ccccc2)cc1. The van der Waals surface area contributed by atoms with E-state index in [0.717, 1.165) is 18.9 Å². The second kappa shape index (κ2) is 29.1. The van der Waals surface area contributed by atoms with Gasteiger partial charge in [-0.05, 0) is 163 Å². The number of aliphatic hydroxyl groups is 4. The van der Waals surface area contributed by atoms with Crippen molar-refractivity contribution in [3.8, 4) is 0 Å². The Morgan fingerprint density at radius 3 is 0.688 bits per heavy atom. The topological polar surface area (TPSA) is 161 Å². The quantitative estimate of drug-likeness (QED) is 0.0985. The van der Waals surface area contributed by atoms with Crippen LogP contribution < -0.4 is 52.6 Å². The zero-order valence-corrected chi connectivity index (χ0v) is 46.4. The Morgan fingerprint density at radius 1 is 0.325 bits per heavy atom. The molecule has 8 nitrogen and oxygen atoms in total. The van der Waals surface area contributed by atoms with Gasteiger partial charge in [0, 0.05) is 0 Å². The Labute approximate surface area is 470 Å². The number of aliphatic hydroxyl groups excluding tert-OH is 4. The molecule has 9 aromatic rings.